The van der Waals surface area contributed by atoms with Crippen LogP contribution in [-0.2, 0) is 4.79 Å². The molecule has 0 atom stereocenters. The third-order valence-corrected chi connectivity index (χ3v) is 3.12. The number of imidazole rings is 1. The van der Waals surface area contributed by atoms with E-state index in [2.05, 4.69) is 21.4 Å². The topological polar surface area (TPSA) is 67.0 Å². The van der Waals surface area contributed by atoms with Crippen LogP contribution in [0.3, 0.4) is 0 Å². The van der Waals surface area contributed by atoms with Gasteiger partial charge in [-0.25, -0.2) is 4.98 Å². The molecule has 0 saturated heterocycles. The Morgan fingerprint density at radius 3 is 3.15 bits per heavy atom. The van der Waals surface area contributed by atoms with Gasteiger partial charge in [0.05, 0.1) is 24.8 Å². The number of benzene rings is 1. The van der Waals surface area contributed by atoms with Crippen molar-refractivity contribution >= 4 is 23.2 Å². The molecule has 0 radical (unpaired) electrons. The van der Waals surface area contributed by atoms with Gasteiger partial charge in [0.25, 0.3) is 0 Å². The van der Waals surface area contributed by atoms with E-state index in [0.29, 0.717) is 6.61 Å². The van der Waals surface area contributed by atoms with E-state index in [0.717, 1.165) is 29.1 Å². The van der Waals surface area contributed by atoms with Gasteiger partial charge in [0.1, 0.15) is 5.75 Å². The number of H-pyrrole nitrogens is 1. The Kier molecular flexibility index (Phi) is 3.25. The summed E-state index contributed by atoms with van der Waals surface area (Å²) < 4.78 is 5.65. The molecular weight excluding hydrogens is 254 g/mol. The van der Waals surface area contributed by atoms with Crippen LogP contribution < -0.4 is 10.1 Å². The van der Waals surface area contributed by atoms with Crippen LogP contribution in [0.2, 0.25) is 0 Å². The molecule has 20 heavy (non-hydrogen) atoms. The van der Waals surface area contributed by atoms with Gasteiger partial charge in [-0.15, -0.1) is 0 Å². The number of hydrogen-bond acceptors (Lipinski definition) is 3. The van der Waals surface area contributed by atoms with E-state index in [1.807, 2.05) is 18.2 Å². The zero-order chi connectivity index (χ0) is 13.9. The fraction of sp³-hybridized carbons (Fsp3) is 0.200. The number of aromatic nitrogens is 2. The van der Waals surface area contributed by atoms with E-state index in [4.69, 9.17) is 4.74 Å². The maximum Gasteiger partial charge on any atom is 0.221 e. The smallest absolute Gasteiger partial charge is 0.221 e. The van der Waals surface area contributed by atoms with Gasteiger partial charge in [-0.1, -0.05) is 0 Å². The second-order valence-corrected chi connectivity index (χ2v) is 4.67. The van der Waals surface area contributed by atoms with Crippen molar-refractivity contribution in [1.29, 1.82) is 0 Å². The number of rotatable bonds is 2. The fourth-order valence-corrected chi connectivity index (χ4v) is 2.28. The summed E-state index contributed by atoms with van der Waals surface area (Å²) in [5.74, 6) is 0.761. The van der Waals surface area contributed by atoms with Gasteiger partial charge < -0.3 is 15.0 Å². The highest BCUT2D eigenvalue weighted by Crippen LogP contribution is 2.35. The standard InChI is InChI=1S/C15H15N3O2/c1-10(19)18-12-2-3-15-14(7-12)11(4-5-20-15)6-13-8-16-9-17-13/h2-3,6-9H,4-5H2,1H3,(H,16,17)(H,18,19)/b11-6-. The van der Waals surface area contributed by atoms with Crippen molar-refractivity contribution < 1.29 is 9.53 Å². The molecule has 0 aliphatic carbocycles. The van der Waals surface area contributed by atoms with Crippen molar-refractivity contribution in [1.82, 2.24) is 9.97 Å². The maximum atomic E-state index is 11.1. The van der Waals surface area contributed by atoms with Crippen LogP contribution in [0.25, 0.3) is 11.6 Å². The molecule has 5 nitrogen and oxygen atoms in total. The molecular formula is C15H15N3O2. The van der Waals surface area contributed by atoms with E-state index >= 15 is 0 Å². The number of amides is 1. The Labute approximate surface area is 116 Å². The van der Waals surface area contributed by atoms with Crippen molar-refractivity contribution in [2.45, 2.75) is 13.3 Å². The molecule has 3 rings (SSSR count). The maximum absolute atomic E-state index is 11.1. The van der Waals surface area contributed by atoms with E-state index in [1.165, 1.54) is 12.5 Å². The van der Waals surface area contributed by atoms with Crippen LogP contribution >= 0.6 is 0 Å². The van der Waals surface area contributed by atoms with Gasteiger partial charge >= 0.3 is 0 Å². The lowest BCUT2D eigenvalue weighted by atomic mass is 9.98. The lowest BCUT2D eigenvalue weighted by Gasteiger charge is -2.21. The molecule has 2 aromatic rings. The van der Waals surface area contributed by atoms with E-state index in [9.17, 15) is 4.79 Å². The van der Waals surface area contributed by atoms with Crippen molar-refractivity contribution in [3.05, 3.63) is 42.0 Å². The third-order valence-electron chi connectivity index (χ3n) is 3.12. The predicted octanol–water partition coefficient (Wildman–Crippen LogP) is 2.69. The molecule has 0 spiro atoms. The molecule has 2 N–H and O–H groups in total. The van der Waals surface area contributed by atoms with E-state index < -0.39 is 0 Å². The predicted molar refractivity (Wildman–Crippen MR) is 77.3 cm³/mol. The summed E-state index contributed by atoms with van der Waals surface area (Å²) >= 11 is 0. The summed E-state index contributed by atoms with van der Waals surface area (Å²) in [7, 11) is 0. The van der Waals surface area contributed by atoms with Gasteiger partial charge in [0.15, 0.2) is 0 Å². The first-order valence-electron chi connectivity index (χ1n) is 6.46. The van der Waals surface area contributed by atoms with Crippen molar-refractivity contribution in [2.24, 2.45) is 0 Å². The van der Waals surface area contributed by atoms with Crippen LogP contribution in [0, 0.1) is 0 Å². The highest BCUT2D eigenvalue weighted by Gasteiger charge is 2.16. The molecule has 0 fully saturated rings. The van der Waals surface area contributed by atoms with Gasteiger partial charge in [-0.2, -0.15) is 0 Å². The minimum atomic E-state index is -0.0826. The Hall–Kier alpha value is -2.56. The number of hydrogen-bond donors (Lipinski definition) is 2. The number of nitrogens with zero attached hydrogens (tertiary/aromatic N) is 1. The number of fused-ring (bicyclic) bond motifs is 1. The molecule has 102 valence electrons. The van der Waals surface area contributed by atoms with E-state index in [1.54, 1.807) is 12.5 Å². The first kappa shape index (κ1) is 12.5. The molecule has 1 aliphatic rings. The highest BCUT2D eigenvalue weighted by atomic mass is 16.5. The molecule has 0 unspecified atom stereocenters. The minimum Gasteiger partial charge on any atom is -0.493 e. The van der Waals surface area contributed by atoms with Crippen LogP contribution in [0.15, 0.2) is 30.7 Å². The average molecular weight is 269 g/mol. The average Bonchev–Trinajstić information content (AvgIpc) is 2.92. The Bertz CT molecular complexity index is 660. The molecule has 1 aromatic carbocycles. The van der Waals surface area contributed by atoms with Crippen molar-refractivity contribution in [3.8, 4) is 5.75 Å². The zero-order valence-electron chi connectivity index (χ0n) is 11.1. The monoisotopic (exact) mass is 269 g/mol. The minimum absolute atomic E-state index is 0.0826. The van der Waals surface area contributed by atoms with E-state index in [-0.39, 0.29) is 5.91 Å². The summed E-state index contributed by atoms with van der Waals surface area (Å²) in [6.07, 6.45) is 6.32. The second-order valence-electron chi connectivity index (χ2n) is 4.67. The second kappa shape index (κ2) is 5.21. The lowest BCUT2D eigenvalue weighted by molar-refractivity contribution is -0.114. The number of carbonyl (C=O) groups is 1. The lowest BCUT2D eigenvalue weighted by Crippen LogP contribution is -2.10. The number of aromatic amines is 1. The van der Waals surface area contributed by atoms with Crippen LogP contribution in [0.1, 0.15) is 24.6 Å². The molecule has 0 bridgehead atoms. The van der Waals surface area contributed by atoms with Gasteiger partial charge in [0.2, 0.25) is 5.91 Å². The van der Waals surface area contributed by atoms with Gasteiger partial charge in [0, 0.05) is 24.6 Å². The zero-order valence-corrected chi connectivity index (χ0v) is 11.1. The highest BCUT2D eigenvalue weighted by molar-refractivity contribution is 5.91. The summed E-state index contributed by atoms with van der Waals surface area (Å²) in [6.45, 7) is 2.16. The first-order valence-corrected chi connectivity index (χ1v) is 6.46. The largest absolute Gasteiger partial charge is 0.493 e. The number of anilines is 1. The summed E-state index contributed by atoms with van der Waals surface area (Å²) in [4.78, 5) is 18.2. The Balaban J connectivity index is 2.00. The molecule has 0 saturated carbocycles. The van der Waals surface area contributed by atoms with Gasteiger partial charge in [-0.05, 0) is 29.8 Å². The van der Waals surface area contributed by atoms with Crippen molar-refractivity contribution in [2.75, 3.05) is 11.9 Å². The molecule has 1 aliphatic heterocycles. The number of carbonyl (C=O) groups excluding carboxylic acids is 1. The Morgan fingerprint density at radius 1 is 1.50 bits per heavy atom. The number of ether oxygens (including phenoxy) is 1. The van der Waals surface area contributed by atoms with Crippen LogP contribution in [0.5, 0.6) is 5.75 Å². The quantitative estimate of drug-likeness (QED) is 0.880. The molecule has 5 heteroatoms. The SMILES string of the molecule is CC(=O)Nc1ccc2c(c1)/C(=C\c1cnc[nH]1)CCO2. The summed E-state index contributed by atoms with van der Waals surface area (Å²) in [5.41, 5.74) is 3.91. The summed E-state index contributed by atoms with van der Waals surface area (Å²) in [6, 6.07) is 5.68. The molecule has 1 amide bonds. The Morgan fingerprint density at radius 2 is 2.40 bits per heavy atom. The van der Waals surface area contributed by atoms with Crippen LogP contribution in [-0.4, -0.2) is 22.5 Å². The van der Waals surface area contributed by atoms with Gasteiger partial charge in [-0.3, -0.25) is 4.79 Å². The normalized spacial score (nSPS) is 15.6. The number of nitrogens with one attached hydrogen (secondary N) is 2. The third kappa shape index (κ3) is 2.56. The summed E-state index contributed by atoms with van der Waals surface area (Å²) in [5, 5.41) is 2.79. The van der Waals surface area contributed by atoms with Crippen molar-refractivity contribution in [3.63, 3.8) is 0 Å². The fourth-order valence-electron chi connectivity index (χ4n) is 2.28. The molecule has 1 aromatic heterocycles. The first-order chi connectivity index (χ1) is 9.72. The van der Waals surface area contributed by atoms with Crippen LogP contribution in [0.4, 0.5) is 5.69 Å². The molecule has 2 heterocycles.